The second-order valence-electron chi connectivity index (χ2n) is 3.86. The fraction of sp³-hybridized carbons (Fsp3) is 0. The second-order valence-corrected chi connectivity index (χ2v) is 3.86. The molecule has 0 aliphatic heterocycles. The lowest BCUT2D eigenvalue weighted by atomic mass is 10.1. The number of carbonyl (C=O) groups excluding carboxylic acids is 1. The smallest absolute Gasteiger partial charge is 0.417 e. The van der Waals surface area contributed by atoms with Gasteiger partial charge in [-0.15, -0.1) is 0 Å². The van der Waals surface area contributed by atoms with Gasteiger partial charge in [0.05, 0.1) is 11.3 Å². The average Bonchev–Trinajstić information content (AvgIpc) is 2.41. The average molecular weight is 273 g/mol. The van der Waals surface area contributed by atoms with Gasteiger partial charge in [-0.25, -0.2) is 9.59 Å². The fourth-order valence-corrected chi connectivity index (χ4v) is 1.55. The molecule has 2 aromatic carbocycles. The highest BCUT2D eigenvalue weighted by Gasteiger charge is 2.14. The Labute approximate surface area is 114 Å². The van der Waals surface area contributed by atoms with Gasteiger partial charge >= 0.3 is 12.1 Å². The number of nitrogens with one attached hydrogen (secondary N) is 1. The van der Waals surface area contributed by atoms with Gasteiger partial charge in [-0.3, -0.25) is 5.32 Å². The lowest BCUT2D eigenvalue weighted by Crippen LogP contribution is -2.18. The third kappa shape index (κ3) is 3.26. The Balaban J connectivity index is 2.14. The normalized spacial score (nSPS) is 9.80. The first-order chi connectivity index (χ1) is 9.56. The first kappa shape index (κ1) is 13.4. The molecular formula is C14H11NO5. The van der Waals surface area contributed by atoms with Gasteiger partial charge in [0.25, 0.3) is 0 Å². The molecule has 0 saturated heterocycles. The standard InChI is InChI=1S/C14H11NO5/c16-9-6-7-12(11(8-9)13(17)18)15-14(19)20-10-4-2-1-3-5-10/h1-8,16H,(H,15,19)(H,17,18). The van der Waals surface area contributed by atoms with Gasteiger partial charge < -0.3 is 14.9 Å². The molecule has 6 heteroatoms. The fourth-order valence-electron chi connectivity index (χ4n) is 1.55. The highest BCUT2D eigenvalue weighted by atomic mass is 16.6. The van der Waals surface area contributed by atoms with E-state index in [0.29, 0.717) is 5.75 Å². The second kappa shape index (κ2) is 5.75. The predicted octanol–water partition coefficient (Wildman–Crippen LogP) is 2.70. The van der Waals surface area contributed by atoms with Crippen molar-refractivity contribution in [1.82, 2.24) is 0 Å². The lowest BCUT2D eigenvalue weighted by molar-refractivity contribution is 0.0697. The predicted molar refractivity (Wildman–Crippen MR) is 71.2 cm³/mol. The molecule has 0 aliphatic rings. The number of para-hydroxylation sites is 1. The van der Waals surface area contributed by atoms with E-state index in [0.717, 1.165) is 6.07 Å². The Morgan fingerprint density at radius 3 is 2.40 bits per heavy atom. The Kier molecular flexibility index (Phi) is 3.85. The molecule has 0 atom stereocenters. The third-order valence-electron chi connectivity index (χ3n) is 2.42. The Hall–Kier alpha value is -3.02. The van der Waals surface area contributed by atoms with E-state index in [1.165, 1.54) is 12.1 Å². The molecular weight excluding hydrogens is 262 g/mol. The van der Waals surface area contributed by atoms with E-state index in [1.54, 1.807) is 30.3 Å². The SMILES string of the molecule is O=C(Nc1ccc(O)cc1C(=O)O)Oc1ccccc1. The van der Waals surface area contributed by atoms with Crippen molar-refractivity contribution in [3.05, 3.63) is 54.1 Å². The summed E-state index contributed by atoms with van der Waals surface area (Å²) in [5.74, 6) is -1.14. The minimum Gasteiger partial charge on any atom is -0.508 e. The number of aromatic hydroxyl groups is 1. The van der Waals surface area contributed by atoms with Crippen LogP contribution < -0.4 is 10.1 Å². The van der Waals surface area contributed by atoms with Crippen molar-refractivity contribution in [2.45, 2.75) is 0 Å². The zero-order valence-corrected chi connectivity index (χ0v) is 10.2. The van der Waals surface area contributed by atoms with Crippen LogP contribution in [0.25, 0.3) is 0 Å². The minimum atomic E-state index is -1.27. The van der Waals surface area contributed by atoms with Crippen LogP contribution in [0.5, 0.6) is 11.5 Å². The van der Waals surface area contributed by atoms with Crippen molar-refractivity contribution in [2.75, 3.05) is 5.32 Å². The number of carboxylic acid groups (broad SMARTS) is 1. The minimum absolute atomic E-state index is 0.0382. The van der Waals surface area contributed by atoms with Crippen molar-refractivity contribution in [1.29, 1.82) is 0 Å². The van der Waals surface area contributed by atoms with Crippen LogP contribution in [0.3, 0.4) is 0 Å². The molecule has 0 bridgehead atoms. The summed E-state index contributed by atoms with van der Waals surface area (Å²) in [5, 5.41) is 20.6. The molecule has 0 unspecified atom stereocenters. The van der Waals surface area contributed by atoms with Crippen LogP contribution in [0.15, 0.2) is 48.5 Å². The van der Waals surface area contributed by atoms with Crippen LogP contribution in [0, 0.1) is 0 Å². The van der Waals surface area contributed by atoms with Gasteiger partial charge in [-0.05, 0) is 30.3 Å². The van der Waals surface area contributed by atoms with Crippen LogP contribution in [0.2, 0.25) is 0 Å². The molecule has 20 heavy (non-hydrogen) atoms. The summed E-state index contributed by atoms with van der Waals surface area (Å²) in [6.07, 6.45) is -0.815. The number of benzene rings is 2. The summed E-state index contributed by atoms with van der Waals surface area (Å²) < 4.78 is 4.98. The Bertz CT molecular complexity index is 639. The molecule has 0 radical (unpaired) electrons. The zero-order chi connectivity index (χ0) is 14.5. The maximum Gasteiger partial charge on any atom is 0.417 e. The maximum atomic E-state index is 11.7. The molecule has 6 nitrogen and oxygen atoms in total. The first-order valence-electron chi connectivity index (χ1n) is 5.66. The van der Waals surface area contributed by atoms with Gasteiger partial charge in [-0.1, -0.05) is 18.2 Å². The summed E-state index contributed by atoms with van der Waals surface area (Å²) in [7, 11) is 0. The summed E-state index contributed by atoms with van der Waals surface area (Å²) in [6, 6.07) is 11.9. The number of phenolic OH excluding ortho intramolecular Hbond substituents is 1. The number of anilines is 1. The van der Waals surface area contributed by atoms with Gasteiger partial charge in [0.15, 0.2) is 0 Å². The number of hydrogen-bond donors (Lipinski definition) is 3. The van der Waals surface area contributed by atoms with E-state index in [9.17, 15) is 14.7 Å². The molecule has 0 spiro atoms. The van der Waals surface area contributed by atoms with Crippen molar-refractivity contribution < 1.29 is 24.5 Å². The number of ether oxygens (including phenoxy) is 1. The molecule has 0 saturated carbocycles. The number of hydrogen-bond acceptors (Lipinski definition) is 4. The largest absolute Gasteiger partial charge is 0.508 e. The summed E-state index contributed by atoms with van der Waals surface area (Å²) in [5.41, 5.74) is -0.189. The number of aromatic carboxylic acids is 1. The maximum absolute atomic E-state index is 11.7. The monoisotopic (exact) mass is 273 g/mol. The van der Waals surface area contributed by atoms with Crippen LogP contribution in [-0.2, 0) is 0 Å². The van der Waals surface area contributed by atoms with Gasteiger partial charge in [0, 0.05) is 0 Å². The molecule has 102 valence electrons. The topological polar surface area (TPSA) is 95.9 Å². The van der Waals surface area contributed by atoms with Crippen LogP contribution in [0.1, 0.15) is 10.4 Å². The van der Waals surface area contributed by atoms with Crippen molar-refractivity contribution in [3.63, 3.8) is 0 Å². The van der Waals surface area contributed by atoms with E-state index in [4.69, 9.17) is 9.84 Å². The van der Waals surface area contributed by atoms with Gasteiger partial charge in [0.1, 0.15) is 11.5 Å². The molecule has 0 aliphatic carbocycles. The number of amides is 1. The van der Waals surface area contributed by atoms with E-state index in [-0.39, 0.29) is 17.0 Å². The van der Waals surface area contributed by atoms with E-state index in [1.807, 2.05) is 0 Å². The van der Waals surface area contributed by atoms with Crippen LogP contribution in [0.4, 0.5) is 10.5 Å². The van der Waals surface area contributed by atoms with Gasteiger partial charge in [-0.2, -0.15) is 0 Å². The highest BCUT2D eigenvalue weighted by Crippen LogP contribution is 2.21. The first-order valence-corrected chi connectivity index (χ1v) is 5.66. The zero-order valence-electron chi connectivity index (χ0n) is 10.2. The van der Waals surface area contributed by atoms with Crippen LogP contribution >= 0.6 is 0 Å². The molecule has 2 rings (SSSR count). The number of carboxylic acids is 1. The molecule has 0 heterocycles. The third-order valence-corrected chi connectivity index (χ3v) is 2.42. The summed E-state index contributed by atoms with van der Waals surface area (Å²) >= 11 is 0. The van der Waals surface area contributed by atoms with E-state index >= 15 is 0 Å². The Morgan fingerprint density at radius 2 is 1.75 bits per heavy atom. The number of carbonyl (C=O) groups is 2. The molecule has 0 aromatic heterocycles. The molecule has 2 aromatic rings. The Morgan fingerprint density at radius 1 is 1.05 bits per heavy atom. The van der Waals surface area contributed by atoms with Gasteiger partial charge in [0.2, 0.25) is 0 Å². The van der Waals surface area contributed by atoms with E-state index in [2.05, 4.69) is 5.32 Å². The molecule has 0 fully saturated rings. The van der Waals surface area contributed by atoms with Crippen molar-refractivity contribution in [2.24, 2.45) is 0 Å². The van der Waals surface area contributed by atoms with E-state index < -0.39 is 12.1 Å². The molecule has 3 N–H and O–H groups in total. The number of phenols is 1. The highest BCUT2D eigenvalue weighted by molar-refractivity contribution is 5.99. The number of rotatable bonds is 3. The van der Waals surface area contributed by atoms with Crippen molar-refractivity contribution >= 4 is 17.7 Å². The lowest BCUT2D eigenvalue weighted by Gasteiger charge is -2.09. The van der Waals surface area contributed by atoms with Crippen molar-refractivity contribution in [3.8, 4) is 11.5 Å². The summed E-state index contributed by atoms with van der Waals surface area (Å²) in [6.45, 7) is 0. The quantitative estimate of drug-likeness (QED) is 0.747. The summed E-state index contributed by atoms with van der Waals surface area (Å²) in [4.78, 5) is 22.7. The van der Waals surface area contributed by atoms with Crippen LogP contribution in [-0.4, -0.2) is 22.3 Å². The molecule has 1 amide bonds.